The lowest BCUT2D eigenvalue weighted by atomic mass is 10.2. The van der Waals surface area contributed by atoms with Crippen LogP contribution in [0.15, 0.2) is 33.7 Å². The minimum absolute atomic E-state index is 0.174. The van der Waals surface area contributed by atoms with Gasteiger partial charge in [-0.25, -0.2) is 4.79 Å². The zero-order chi connectivity index (χ0) is 14.5. The summed E-state index contributed by atoms with van der Waals surface area (Å²) in [6.45, 7) is 1.46. The molecule has 3 heterocycles. The first-order valence-electron chi connectivity index (χ1n) is 7.06. The lowest BCUT2D eigenvalue weighted by Gasteiger charge is -2.22. The van der Waals surface area contributed by atoms with Crippen molar-refractivity contribution in [2.24, 2.45) is 0 Å². The monoisotopic (exact) mass is 291 g/mol. The van der Waals surface area contributed by atoms with Gasteiger partial charge in [0.2, 0.25) is 5.82 Å². The fraction of sp³-hybridized carbons (Fsp3) is 0.500. The van der Waals surface area contributed by atoms with Crippen molar-refractivity contribution in [3.05, 3.63) is 34.9 Å². The van der Waals surface area contributed by atoms with Gasteiger partial charge in [0, 0.05) is 12.8 Å². The molecule has 0 unspecified atom stereocenters. The number of nitrogens with zero attached hydrogens (tertiary/aromatic N) is 3. The molecule has 0 aromatic carbocycles. The van der Waals surface area contributed by atoms with E-state index in [4.69, 9.17) is 14.0 Å². The zero-order valence-electron chi connectivity index (χ0n) is 11.6. The van der Waals surface area contributed by atoms with Crippen LogP contribution < -0.4 is 5.76 Å². The van der Waals surface area contributed by atoms with Crippen molar-refractivity contribution in [2.75, 3.05) is 13.2 Å². The number of hydrogen-bond donors (Lipinski definition) is 0. The SMILES string of the molecule is O=c1onc(-c2ccccn2)n1CCO[C@H]1CCCCO1. The quantitative estimate of drug-likeness (QED) is 0.829. The largest absolute Gasteiger partial charge is 0.441 e. The molecule has 2 aromatic rings. The van der Waals surface area contributed by atoms with Crippen LogP contribution in [0.3, 0.4) is 0 Å². The maximum atomic E-state index is 11.7. The molecule has 1 aliphatic heterocycles. The van der Waals surface area contributed by atoms with Crippen molar-refractivity contribution in [2.45, 2.75) is 32.1 Å². The summed E-state index contributed by atoms with van der Waals surface area (Å²) in [5.74, 6) is -0.0995. The topological polar surface area (TPSA) is 79.4 Å². The summed E-state index contributed by atoms with van der Waals surface area (Å²) in [4.78, 5) is 15.9. The molecule has 7 heteroatoms. The minimum atomic E-state index is -0.510. The summed E-state index contributed by atoms with van der Waals surface area (Å²) in [5.41, 5.74) is 0.595. The Morgan fingerprint density at radius 3 is 3.10 bits per heavy atom. The Labute approximate surface area is 121 Å². The number of aromatic nitrogens is 3. The second-order valence-electron chi connectivity index (χ2n) is 4.81. The Kier molecular flexibility index (Phi) is 4.42. The van der Waals surface area contributed by atoms with Crippen molar-refractivity contribution in [1.82, 2.24) is 14.7 Å². The van der Waals surface area contributed by atoms with Gasteiger partial charge in [-0.3, -0.25) is 14.1 Å². The predicted molar refractivity (Wildman–Crippen MR) is 73.5 cm³/mol. The molecule has 2 aromatic heterocycles. The van der Waals surface area contributed by atoms with Crippen LogP contribution in [-0.2, 0) is 16.0 Å². The highest BCUT2D eigenvalue weighted by atomic mass is 16.7. The van der Waals surface area contributed by atoms with E-state index in [0.717, 1.165) is 25.9 Å². The van der Waals surface area contributed by atoms with Crippen LogP contribution in [0.2, 0.25) is 0 Å². The smallest absolute Gasteiger partial charge is 0.353 e. The van der Waals surface area contributed by atoms with Gasteiger partial charge >= 0.3 is 5.76 Å². The molecule has 7 nitrogen and oxygen atoms in total. The third kappa shape index (κ3) is 3.37. The van der Waals surface area contributed by atoms with Crippen molar-refractivity contribution < 1.29 is 14.0 Å². The molecule has 1 atom stereocenters. The molecule has 0 saturated carbocycles. The van der Waals surface area contributed by atoms with E-state index in [0.29, 0.717) is 24.7 Å². The third-order valence-electron chi connectivity index (χ3n) is 3.34. The lowest BCUT2D eigenvalue weighted by molar-refractivity contribution is -0.163. The first kappa shape index (κ1) is 14.0. The van der Waals surface area contributed by atoms with Crippen LogP contribution in [0.25, 0.3) is 11.5 Å². The van der Waals surface area contributed by atoms with Gasteiger partial charge in [0.25, 0.3) is 0 Å². The van der Waals surface area contributed by atoms with Crippen molar-refractivity contribution in [3.63, 3.8) is 0 Å². The minimum Gasteiger partial charge on any atom is -0.353 e. The second kappa shape index (κ2) is 6.64. The second-order valence-corrected chi connectivity index (χ2v) is 4.81. The predicted octanol–water partition coefficient (Wildman–Crippen LogP) is 1.44. The van der Waals surface area contributed by atoms with Crippen LogP contribution in [0.4, 0.5) is 0 Å². The lowest BCUT2D eigenvalue weighted by Crippen LogP contribution is -2.26. The average molecular weight is 291 g/mol. The number of hydrogen-bond acceptors (Lipinski definition) is 6. The van der Waals surface area contributed by atoms with Crippen LogP contribution >= 0.6 is 0 Å². The fourth-order valence-corrected chi connectivity index (χ4v) is 2.26. The number of ether oxygens (including phenoxy) is 2. The maximum absolute atomic E-state index is 11.7. The van der Waals surface area contributed by atoms with Crippen molar-refractivity contribution in [1.29, 1.82) is 0 Å². The Bertz CT molecular complexity index is 617. The molecule has 0 amide bonds. The molecular weight excluding hydrogens is 274 g/mol. The van der Waals surface area contributed by atoms with Gasteiger partial charge in [0.15, 0.2) is 6.29 Å². The highest BCUT2D eigenvalue weighted by Crippen LogP contribution is 2.15. The standard InChI is InChI=1S/C14H17N3O4/c18-14-17(8-10-20-12-6-2-4-9-19-12)13(16-21-14)11-5-1-3-7-15-11/h1,3,5,7,12H,2,4,6,8-10H2/t12-/m0/s1. The molecule has 1 fully saturated rings. The molecule has 0 N–H and O–H groups in total. The van der Waals surface area contributed by atoms with Gasteiger partial charge in [0.1, 0.15) is 5.69 Å². The summed E-state index contributed by atoms with van der Waals surface area (Å²) in [6.07, 6.45) is 4.55. The van der Waals surface area contributed by atoms with E-state index in [1.165, 1.54) is 4.57 Å². The number of rotatable bonds is 5. The highest BCUT2D eigenvalue weighted by Gasteiger charge is 2.16. The van der Waals surface area contributed by atoms with Gasteiger partial charge < -0.3 is 9.47 Å². The molecule has 21 heavy (non-hydrogen) atoms. The van der Waals surface area contributed by atoms with Crippen molar-refractivity contribution >= 4 is 0 Å². The molecule has 1 aliphatic rings. The maximum Gasteiger partial charge on any atom is 0.441 e. The molecule has 0 aliphatic carbocycles. The molecule has 1 saturated heterocycles. The van der Waals surface area contributed by atoms with E-state index >= 15 is 0 Å². The van der Waals surface area contributed by atoms with Gasteiger partial charge in [-0.15, -0.1) is 0 Å². The van der Waals surface area contributed by atoms with Crippen molar-refractivity contribution in [3.8, 4) is 11.5 Å². The van der Waals surface area contributed by atoms with Crippen LogP contribution in [0, 0.1) is 0 Å². The van der Waals surface area contributed by atoms with E-state index in [2.05, 4.69) is 10.1 Å². The van der Waals surface area contributed by atoms with E-state index in [9.17, 15) is 4.79 Å². The van der Waals surface area contributed by atoms with E-state index in [-0.39, 0.29) is 6.29 Å². The number of pyridine rings is 1. The normalized spacial score (nSPS) is 18.8. The summed E-state index contributed by atoms with van der Waals surface area (Å²) in [6, 6.07) is 5.41. The van der Waals surface area contributed by atoms with E-state index in [1.807, 2.05) is 6.07 Å². The Morgan fingerprint density at radius 2 is 2.33 bits per heavy atom. The van der Waals surface area contributed by atoms with Gasteiger partial charge in [-0.05, 0) is 31.4 Å². The highest BCUT2D eigenvalue weighted by molar-refractivity contribution is 5.47. The molecule has 3 rings (SSSR count). The first-order chi connectivity index (χ1) is 10.3. The average Bonchev–Trinajstić information content (AvgIpc) is 2.91. The summed E-state index contributed by atoms with van der Waals surface area (Å²) < 4.78 is 17.3. The fourth-order valence-electron chi connectivity index (χ4n) is 2.26. The Hall–Kier alpha value is -1.99. The summed E-state index contributed by atoms with van der Waals surface area (Å²) in [5, 5.41) is 3.78. The zero-order valence-corrected chi connectivity index (χ0v) is 11.6. The molecule has 0 bridgehead atoms. The molecule has 112 valence electrons. The summed E-state index contributed by atoms with van der Waals surface area (Å²) in [7, 11) is 0. The van der Waals surface area contributed by atoms with Gasteiger partial charge in [-0.2, -0.15) is 0 Å². The van der Waals surface area contributed by atoms with E-state index < -0.39 is 5.76 Å². The van der Waals surface area contributed by atoms with Crippen LogP contribution in [0.1, 0.15) is 19.3 Å². The Balaban J connectivity index is 1.65. The van der Waals surface area contributed by atoms with Crippen LogP contribution in [0.5, 0.6) is 0 Å². The van der Waals surface area contributed by atoms with E-state index in [1.54, 1.807) is 18.3 Å². The Morgan fingerprint density at radius 1 is 1.38 bits per heavy atom. The molecular formula is C14H17N3O4. The van der Waals surface area contributed by atoms with Gasteiger partial charge in [-0.1, -0.05) is 11.2 Å². The third-order valence-corrected chi connectivity index (χ3v) is 3.34. The van der Waals surface area contributed by atoms with Gasteiger partial charge in [0.05, 0.1) is 13.2 Å². The first-order valence-corrected chi connectivity index (χ1v) is 7.06. The summed E-state index contributed by atoms with van der Waals surface area (Å²) >= 11 is 0. The van der Waals surface area contributed by atoms with Crippen LogP contribution in [-0.4, -0.2) is 34.2 Å². The molecule has 0 spiro atoms. The molecule has 0 radical (unpaired) electrons.